The molecule has 2 aromatic rings. The minimum Gasteiger partial charge on any atom is -0.740 e. The van der Waals surface area contributed by atoms with E-state index in [-0.39, 0.29) is 75.5 Å². The van der Waals surface area contributed by atoms with Crippen LogP contribution >= 0.6 is 0 Å². The van der Waals surface area contributed by atoms with E-state index in [0.717, 1.165) is 5.69 Å². The predicted molar refractivity (Wildman–Crippen MR) is 92.7 cm³/mol. The Hall–Kier alpha value is -1.53. The molecule has 0 bridgehead atoms. The molecule has 28 heavy (non-hydrogen) atoms. The van der Waals surface area contributed by atoms with E-state index in [1.807, 2.05) is 11.9 Å². The summed E-state index contributed by atoms with van der Waals surface area (Å²) in [7, 11) is 1.87. The molecule has 4 rings (SSSR count). The fourth-order valence-electron chi connectivity index (χ4n) is 2.41. The number of likely N-dealkylation sites (N-methyl/N-ethyl adjacent to an activating group) is 1. The third kappa shape index (κ3) is 5.51. The van der Waals surface area contributed by atoms with Crippen LogP contribution in [0.3, 0.4) is 0 Å². The summed E-state index contributed by atoms with van der Waals surface area (Å²) < 4.78 is 1.58. The normalized spacial score (nSPS) is 18.8. The number of carbonyl (C=O) groups excluding carboxylic acids is 2. The maximum atomic E-state index is 11.1. The molecule has 1 aromatic carbocycles. The van der Waals surface area contributed by atoms with E-state index in [0.29, 0.717) is 5.16 Å². The zero-order valence-electron chi connectivity index (χ0n) is 14.9. The molecule has 2 aliphatic rings. The molecule has 0 saturated carbocycles. The Morgan fingerprint density at radius 3 is 2.50 bits per heavy atom. The Morgan fingerprint density at radius 1 is 1.29 bits per heavy atom. The number of hydrogen-bond acceptors (Lipinski definition) is 8. The van der Waals surface area contributed by atoms with Crippen LogP contribution in [0, 0.1) is 0 Å². The number of fused-ring (bicyclic) bond motifs is 1. The van der Waals surface area contributed by atoms with Gasteiger partial charge in [-0.1, -0.05) is 12.1 Å². The molecule has 2 atom stereocenters. The third-order valence-electron chi connectivity index (χ3n) is 3.78. The average molecular weight is 589 g/mol. The second-order valence-electron chi connectivity index (χ2n) is 5.47. The fraction of sp³-hybridized carbons (Fsp3) is 0.188. The second-order valence-corrected chi connectivity index (χ2v) is 5.84. The maximum absolute atomic E-state index is 11.1. The first-order valence-corrected chi connectivity index (χ1v) is 7.92. The number of rotatable bonds is 2. The van der Waals surface area contributed by atoms with E-state index in [1.165, 1.54) is 24.5 Å². The summed E-state index contributed by atoms with van der Waals surface area (Å²) in [5.41, 5.74) is 0.841. The van der Waals surface area contributed by atoms with Gasteiger partial charge in [0.1, 0.15) is 12.4 Å². The van der Waals surface area contributed by atoms with Gasteiger partial charge in [-0.25, -0.2) is 0 Å². The molecule has 0 N–H and O–H groups in total. The third-order valence-corrected chi connectivity index (χ3v) is 4.05. The van der Waals surface area contributed by atoms with Crippen LogP contribution in [0.15, 0.2) is 53.0 Å². The smallest absolute Gasteiger partial charge is 0.740 e. The molecular formula is C16H13AuN6NaO3S-2. The van der Waals surface area contributed by atoms with Gasteiger partial charge in [0.25, 0.3) is 0 Å². The summed E-state index contributed by atoms with van der Waals surface area (Å²) in [5.74, 6) is -1.16. The number of benzene rings is 1. The van der Waals surface area contributed by atoms with Crippen LogP contribution < -0.4 is 34.7 Å². The Bertz CT molecular complexity index is 889. The summed E-state index contributed by atoms with van der Waals surface area (Å²) in [6, 6.07) is 5.83. The number of hydrogen-bond donors (Lipinski definition) is 0. The predicted octanol–water partition coefficient (Wildman–Crippen LogP) is -3.34. The minimum absolute atomic E-state index is 0. The average Bonchev–Trinajstić information content (AvgIpc) is 3.23. The van der Waals surface area contributed by atoms with Crippen molar-refractivity contribution in [3.05, 3.63) is 53.7 Å². The van der Waals surface area contributed by atoms with Crippen LogP contribution in [-0.2, 0) is 39.8 Å². The van der Waals surface area contributed by atoms with Crippen molar-refractivity contribution in [3.8, 4) is 5.69 Å². The Labute approximate surface area is 204 Å². The molecule has 0 saturated heterocycles. The standard InChI is InChI=1S/C9H7N3O2S.C7H9N3O.Au.Na/c13-8(14)6-1-3-7(4-2-6)12-5-10-11-9(12)15;1-10-4-9-6-5(11)2-3-8-7(6)10;;/h1-5H,(H,11,15)(H,13,14);2-4,6-7H,1H3,(H,8,11);;/q;;;+1/p-3. The molecule has 0 fully saturated rings. The van der Waals surface area contributed by atoms with E-state index < -0.39 is 5.97 Å². The summed E-state index contributed by atoms with van der Waals surface area (Å²) in [6.45, 7) is 0. The van der Waals surface area contributed by atoms with Crippen LogP contribution in [0.5, 0.6) is 0 Å². The van der Waals surface area contributed by atoms with Crippen molar-refractivity contribution in [3.63, 3.8) is 0 Å². The van der Waals surface area contributed by atoms with Crippen molar-refractivity contribution >= 4 is 30.7 Å². The van der Waals surface area contributed by atoms with Crippen LogP contribution in [-0.4, -0.2) is 57.0 Å². The molecule has 1 radical (unpaired) electrons. The van der Waals surface area contributed by atoms with Crippen molar-refractivity contribution in [2.24, 2.45) is 4.99 Å². The Morgan fingerprint density at radius 2 is 1.96 bits per heavy atom. The van der Waals surface area contributed by atoms with Gasteiger partial charge in [-0.2, -0.15) is 11.3 Å². The zero-order valence-corrected chi connectivity index (χ0v) is 19.9. The molecule has 2 unspecified atom stereocenters. The van der Waals surface area contributed by atoms with Crippen molar-refractivity contribution in [1.82, 2.24) is 19.7 Å². The van der Waals surface area contributed by atoms with Crippen LogP contribution in [0.25, 0.3) is 11.0 Å². The summed E-state index contributed by atoms with van der Waals surface area (Å²) in [6.07, 6.45) is 6.05. The number of aromatic nitrogens is 3. The maximum Gasteiger partial charge on any atom is 1.00 e. The fourth-order valence-corrected chi connectivity index (χ4v) is 2.61. The van der Waals surface area contributed by atoms with E-state index >= 15 is 0 Å². The number of nitrogens with zero attached hydrogens (tertiary/aromatic N) is 6. The number of aromatic carboxylic acids is 1. The summed E-state index contributed by atoms with van der Waals surface area (Å²) >= 11 is 4.91. The monoisotopic (exact) mass is 589 g/mol. The molecule has 3 heterocycles. The number of carboxylic acids is 1. The van der Waals surface area contributed by atoms with Gasteiger partial charge in [-0.15, -0.1) is 5.10 Å². The van der Waals surface area contributed by atoms with E-state index in [9.17, 15) is 14.7 Å². The molecule has 0 amide bonds. The number of carbonyl (C=O) groups is 2. The van der Waals surface area contributed by atoms with Crippen LogP contribution in [0.4, 0.5) is 0 Å². The SMILES string of the molecule is CN1C=NC2C(=O)C=C[N-]C21.O=C([O-])c1ccc(-n2cnnc2[S-])cc1.[Au].[Na+]. The zero-order chi connectivity index (χ0) is 18.7. The minimum atomic E-state index is -1.20. The van der Waals surface area contributed by atoms with E-state index in [1.54, 1.807) is 29.2 Å². The van der Waals surface area contributed by atoms with Gasteiger partial charge in [0.05, 0.1) is 12.3 Å². The second kappa shape index (κ2) is 10.9. The topological polar surface area (TPSA) is 118 Å². The first-order chi connectivity index (χ1) is 12.5. The van der Waals surface area contributed by atoms with E-state index in [2.05, 4.69) is 20.5 Å². The van der Waals surface area contributed by atoms with Gasteiger partial charge in [0, 0.05) is 40.3 Å². The van der Waals surface area contributed by atoms with Crippen molar-refractivity contribution in [2.45, 2.75) is 17.4 Å². The van der Waals surface area contributed by atoms with Gasteiger partial charge in [0.2, 0.25) is 0 Å². The van der Waals surface area contributed by atoms with Gasteiger partial charge in [-0.3, -0.25) is 9.79 Å². The molecule has 2 aliphatic heterocycles. The first-order valence-electron chi connectivity index (χ1n) is 7.52. The van der Waals surface area contributed by atoms with Crippen molar-refractivity contribution in [1.29, 1.82) is 0 Å². The molecule has 0 aliphatic carbocycles. The van der Waals surface area contributed by atoms with Gasteiger partial charge in [-0.05, 0) is 29.9 Å². The largest absolute Gasteiger partial charge is 1.00 e. The van der Waals surface area contributed by atoms with E-state index in [4.69, 9.17) is 12.6 Å². The molecule has 1 aromatic heterocycles. The van der Waals surface area contributed by atoms with Crippen LogP contribution in [0.2, 0.25) is 0 Å². The number of aliphatic imine (C=N–C) groups is 1. The molecule has 0 spiro atoms. The molecule has 9 nitrogen and oxygen atoms in total. The Balaban J connectivity index is 0.000000271. The number of carboxylic acid groups (broad SMARTS) is 1. The quantitative estimate of drug-likeness (QED) is 0.266. The van der Waals surface area contributed by atoms with Gasteiger partial charge in [0.15, 0.2) is 5.78 Å². The molecule has 12 heteroatoms. The first kappa shape index (κ1) is 24.5. The van der Waals surface area contributed by atoms with Crippen molar-refractivity contribution < 1.29 is 66.6 Å². The molecular weight excluding hydrogens is 576 g/mol. The Kier molecular flexibility index (Phi) is 9.51. The summed E-state index contributed by atoms with van der Waals surface area (Å²) in [5, 5.41) is 22.2. The van der Waals surface area contributed by atoms with Crippen LogP contribution in [0.1, 0.15) is 10.4 Å². The molecule has 145 valence electrons. The number of ketones is 1. The van der Waals surface area contributed by atoms with Gasteiger partial charge >= 0.3 is 29.6 Å². The van der Waals surface area contributed by atoms with Gasteiger partial charge < -0.3 is 37.3 Å². The summed E-state index contributed by atoms with van der Waals surface area (Å²) in [4.78, 5) is 27.5. The van der Waals surface area contributed by atoms with Crippen molar-refractivity contribution in [2.75, 3.05) is 7.05 Å².